The summed E-state index contributed by atoms with van der Waals surface area (Å²) in [5, 5.41) is 0. The number of hydrogen-bond donors (Lipinski definition) is 0. The van der Waals surface area contributed by atoms with Crippen molar-refractivity contribution in [2.24, 2.45) is 0 Å². The van der Waals surface area contributed by atoms with Gasteiger partial charge in [-0.1, -0.05) is 0 Å². The molecule has 0 amide bonds. The molecule has 1 aromatic rings. The van der Waals surface area contributed by atoms with Crippen molar-refractivity contribution in [1.82, 2.24) is 4.98 Å². The molecule has 0 aliphatic heterocycles. The van der Waals surface area contributed by atoms with Gasteiger partial charge < -0.3 is 9.72 Å². The molecule has 0 atom stereocenters. The fourth-order valence-corrected chi connectivity index (χ4v) is 0.935. The molecule has 62 valence electrons. The third-order valence-electron chi connectivity index (χ3n) is 0.867. The number of halogens is 1. The first-order chi connectivity index (χ1) is 5.84. The second-order valence-corrected chi connectivity index (χ2v) is 2.36. The number of rotatable bonds is 2. The minimum atomic E-state index is -0.318. The van der Waals surface area contributed by atoms with E-state index in [1.165, 1.54) is 22.5 Å². The van der Waals surface area contributed by atoms with Gasteiger partial charge in [-0.05, 0) is 17.3 Å². The van der Waals surface area contributed by atoms with E-state index >= 15 is 0 Å². The number of aromatic nitrogens is 1. The van der Waals surface area contributed by atoms with E-state index in [-0.39, 0.29) is 5.97 Å². The van der Waals surface area contributed by atoms with Gasteiger partial charge in [0.25, 0.3) is 5.97 Å². The molecule has 1 heterocycles. The Bertz CT molecular complexity index is 217. The summed E-state index contributed by atoms with van der Waals surface area (Å²) in [5.41, 5.74) is 2.56. The monoisotopic (exact) mass is 299 g/mol. The summed E-state index contributed by atoms with van der Waals surface area (Å²) in [6.45, 7) is 2.17. The van der Waals surface area contributed by atoms with Crippen LogP contribution in [0.25, 0.3) is 0 Å². The van der Waals surface area contributed by atoms with Crippen molar-refractivity contribution in [3.63, 3.8) is 0 Å². The number of ether oxygens (including phenoxy) is 1. The molecular formula is C6H6BrNO2SZn. The van der Waals surface area contributed by atoms with E-state index in [1.54, 1.807) is 6.92 Å². The summed E-state index contributed by atoms with van der Waals surface area (Å²) in [5.74, 6) is -0.318. The second kappa shape index (κ2) is 7.83. The van der Waals surface area contributed by atoms with Gasteiger partial charge in [0.1, 0.15) is 0 Å². The average molecular weight is 301 g/mol. The van der Waals surface area contributed by atoms with Gasteiger partial charge in [0.05, 0.1) is 6.61 Å². The molecule has 3 nitrogen and oxygen atoms in total. The van der Waals surface area contributed by atoms with Gasteiger partial charge in [0.2, 0.25) is 0 Å². The molecule has 0 saturated heterocycles. The number of carbonyl (C=O) groups is 1. The molecule has 1 aromatic heterocycles. The summed E-state index contributed by atoms with van der Waals surface area (Å²) in [6, 6.07) is 0. The molecule has 0 saturated carbocycles. The second-order valence-electron chi connectivity index (χ2n) is 1.54. The standard InChI is InChI=1S/C6H6NO2S.BrH.Zn/c1-2-9-6(8)5-3-7-4-10-5;;/h3H,2H2,1H3;1H;/q-1;;+2/p-1. The van der Waals surface area contributed by atoms with Crippen LogP contribution < -0.4 is 0 Å². The van der Waals surface area contributed by atoms with Gasteiger partial charge in [0.15, 0.2) is 0 Å². The fraction of sp³-hybridized carbons (Fsp3) is 0.333. The Morgan fingerprint density at radius 2 is 2.58 bits per heavy atom. The zero-order valence-electron chi connectivity index (χ0n) is 6.54. The summed E-state index contributed by atoms with van der Waals surface area (Å²) < 4.78 is 4.70. The van der Waals surface area contributed by atoms with Crippen LogP contribution in [0.3, 0.4) is 0 Å². The van der Waals surface area contributed by atoms with Gasteiger partial charge in [-0.25, -0.2) is 0 Å². The molecule has 0 N–H and O–H groups in total. The number of thiazole rings is 1. The predicted molar refractivity (Wildman–Crippen MR) is 45.8 cm³/mol. The number of hydrogen-bond acceptors (Lipinski definition) is 4. The van der Waals surface area contributed by atoms with E-state index in [9.17, 15) is 4.79 Å². The van der Waals surface area contributed by atoms with Crippen LogP contribution in [0.5, 0.6) is 0 Å². The van der Waals surface area contributed by atoms with Crippen molar-refractivity contribution >= 4 is 30.9 Å². The van der Waals surface area contributed by atoms with Crippen LogP contribution in [0.2, 0.25) is 0 Å². The van der Waals surface area contributed by atoms with E-state index in [4.69, 9.17) is 4.74 Å². The average Bonchev–Trinajstić information content (AvgIpc) is 2.60. The Hall–Kier alpha value is 0.203. The zero-order chi connectivity index (χ0) is 9.40. The molecule has 0 aliphatic carbocycles. The molecule has 0 spiro atoms. The third-order valence-corrected chi connectivity index (χ3v) is 1.56. The first kappa shape index (κ1) is 12.2. The van der Waals surface area contributed by atoms with Crippen LogP contribution in [0.15, 0.2) is 6.20 Å². The van der Waals surface area contributed by atoms with E-state index in [2.05, 4.69) is 24.1 Å². The Balaban J connectivity index is 0.000000561. The zero-order valence-corrected chi connectivity index (χ0v) is 11.9. The summed E-state index contributed by atoms with van der Waals surface area (Å²) in [4.78, 5) is 15.0. The predicted octanol–water partition coefficient (Wildman–Crippen LogP) is 1.96. The summed E-state index contributed by atoms with van der Waals surface area (Å²) in [6.07, 6.45) is 1.45. The van der Waals surface area contributed by atoms with Crippen molar-refractivity contribution in [3.05, 3.63) is 16.6 Å². The van der Waals surface area contributed by atoms with Crippen molar-refractivity contribution in [3.8, 4) is 0 Å². The minimum absolute atomic E-state index is 0.318. The number of nitrogens with zero attached hydrogens (tertiary/aromatic N) is 1. The van der Waals surface area contributed by atoms with Crippen LogP contribution in [0, 0.1) is 5.51 Å². The Kier molecular flexibility index (Phi) is 7.96. The molecule has 6 heteroatoms. The molecule has 0 unspecified atom stereocenters. The van der Waals surface area contributed by atoms with E-state index in [1.807, 2.05) is 0 Å². The van der Waals surface area contributed by atoms with Crippen molar-refractivity contribution < 1.29 is 25.9 Å². The fourth-order valence-electron chi connectivity index (χ4n) is 0.483. The number of carbonyl (C=O) groups excluding carboxylic acids is 1. The molecule has 0 bridgehead atoms. The Morgan fingerprint density at radius 1 is 1.92 bits per heavy atom. The van der Waals surface area contributed by atoms with E-state index < -0.39 is 0 Å². The van der Waals surface area contributed by atoms with E-state index in [0.29, 0.717) is 11.5 Å². The van der Waals surface area contributed by atoms with Gasteiger partial charge in [0, 0.05) is 0 Å². The molecular weight excluding hydrogens is 295 g/mol. The van der Waals surface area contributed by atoms with Crippen LogP contribution >= 0.6 is 25.0 Å². The van der Waals surface area contributed by atoms with Gasteiger partial charge in [-0.15, -0.1) is 6.20 Å². The van der Waals surface area contributed by atoms with Gasteiger partial charge in [-0.3, -0.25) is 16.1 Å². The molecule has 0 radical (unpaired) electrons. The van der Waals surface area contributed by atoms with Crippen LogP contribution in [0.1, 0.15) is 16.6 Å². The third kappa shape index (κ3) is 4.28. The van der Waals surface area contributed by atoms with Crippen LogP contribution in [-0.2, 0) is 21.1 Å². The number of esters is 1. The summed E-state index contributed by atoms with van der Waals surface area (Å²) in [7, 11) is 0. The molecule has 0 aromatic carbocycles. The first-order valence-corrected chi connectivity index (χ1v) is 10.9. The Morgan fingerprint density at radius 3 is 3.00 bits per heavy atom. The summed E-state index contributed by atoms with van der Waals surface area (Å²) >= 11 is 5.41. The first-order valence-electron chi connectivity index (χ1n) is 3.10. The maximum absolute atomic E-state index is 10.8. The van der Waals surface area contributed by atoms with Crippen LogP contribution in [0.4, 0.5) is 0 Å². The Labute approximate surface area is 91.6 Å². The molecule has 0 aliphatic rings. The van der Waals surface area contributed by atoms with Crippen LogP contribution in [-0.4, -0.2) is 17.6 Å². The normalized spacial score (nSPS) is 8.33. The molecule has 0 fully saturated rings. The van der Waals surface area contributed by atoms with Crippen molar-refractivity contribution in [1.29, 1.82) is 0 Å². The maximum atomic E-state index is 10.8. The van der Waals surface area contributed by atoms with E-state index in [0.717, 1.165) is 11.3 Å². The SMILES string of the molecule is CCOC(=O)c1cn[c-]s1.[Zn+][Br]. The van der Waals surface area contributed by atoms with Gasteiger partial charge in [-0.2, -0.15) is 0 Å². The topological polar surface area (TPSA) is 39.2 Å². The molecule has 1 rings (SSSR count). The molecule has 12 heavy (non-hydrogen) atoms. The van der Waals surface area contributed by atoms with Gasteiger partial charge >= 0.3 is 30.0 Å². The van der Waals surface area contributed by atoms with Crippen molar-refractivity contribution in [2.45, 2.75) is 6.92 Å². The van der Waals surface area contributed by atoms with Crippen molar-refractivity contribution in [2.75, 3.05) is 6.61 Å². The quantitative estimate of drug-likeness (QED) is 0.476.